The molecule has 1 aliphatic rings. The van der Waals surface area contributed by atoms with Crippen molar-refractivity contribution in [3.8, 4) is 5.75 Å². The minimum absolute atomic E-state index is 0.119. The number of amides is 1. The maximum absolute atomic E-state index is 13.3. The van der Waals surface area contributed by atoms with Gasteiger partial charge in [0, 0.05) is 9.13 Å². The summed E-state index contributed by atoms with van der Waals surface area (Å²) in [7, 11) is 0. The average molecular weight is 638 g/mol. The molecular formula is C23H16I2N2O2S. The van der Waals surface area contributed by atoms with Crippen molar-refractivity contribution in [2.24, 2.45) is 4.99 Å². The maximum Gasteiger partial charge on any atom is 0.267 e. The monoisotopic (exact) mass is 638 g/mol. The second-order valence-corrected chi connectivity index (χ2v) is 9.96. The van der Waals surface area contributed by atoms with E-state index >= 15 is 0 Å². The molecule has 0 bridgehead atoms. The van der Waals surface area contributed by atoms with Crippen LogP contribution in [0.5, 0.6) is 5.75 Å². The van der Waals surface area contributed by atoms with Crippen LogP contribution in [0.25, 0.3) is 6.08 Å². The zero-order valence-corrected chi connectivity index (χ0v) is 20.8. The molecule has 1 amide bonds. The number of phenolic OH excluding ortho intramolecular Hbond substituents is 1. The molecule has 4 rings (SSSR count). The predicted molar refractivity (Wildman–Crippen MR) is 140 cm³/mol. The van der Waals surface area contributed by atoms with E-state index in [1.807, 2.05) is 72.8 Å². The summed E-state index contributed by atoms with van der Waals surface area (Å²) in [5.74, 6) is 0.0618. The van der Waals surface area contributed by atoms with Gasteiger partial charge in [-0.2, -0.15) is 0 Å². The number of hydrogen-bond donors (Lipinski definition) is 1. The number of carbonyl (C=O) groups is 1. The Morgan fingerprint density at radius 3 is 2.37 bits per heavy atom. The minimum Gasteiger partial charge on any atom is -0.506 e. The quantitative estimate of drug-likeness (QED) is 0.266. The van der Waals surface area contributed by atoms with Crippen LogP contribution in [0.1, 0.15) is 11.1 Å². The third kappa shape index (κ3) is 4.89. The Kier molecular flexibility index (Phi) is 6.79. The molecule has 150 valence electrons. The number of aliphatic imine (C=N–C) groups is 1. The van der Waals surface area contributed by atoms with Crippen LogP contribution >= 0.6 is 56.9 Å². The van der Waals surface area contributed by atoms with Gasteiger partial charge in [0.25, 0.3) is 5.91 Å². The van der Waals surface area contributed by atoms with Gasteiger partial charge in [0.05, 0.1) is 20.7 Å². The second-order valence-electron chi connectivity index (χ2n) is 6.54. The Balaban J connectivity index is 1.74. The summed E-state index contributed by atoms with van der Waals surface area (Å²) in [6.07, 6.45) is 1.75. The SMILES string of the molecule is O=C1/C(=C\c2cc(I)cc(I)c2O)SC(=Nc2ccccc2)N1Cc1ccccc1. The van der Waals surface area contributed by atoms with Crippen molar-refractivity contribution in [1.82, 2.24) is 4.90 Å². The highest BCUT2D eigenvalue weighted by atomic mass is 127. The van der Waals surface area contributed by atoms with Crippen LogP contribution in [0.15, 0.2) is 82.7 Å². The van der Waals surface area contributed by atoms with E-state index in [4.69, 9.17) is 4.99 Å². The second kappa shape index (κ2) is 9.52. The first-order valence-corrected chi connectivity index (χ1v) is 12.1. The molecule has 1 fully saturated rings. The van der Waals surface area contributed by atoms with E-state index in [1.165, 1.54) is 11.8 Å². The molecule has 1 aliphatic heterocycles. The third-order valence-electron chi connectivity index (χ3n) is 4.40. The number of halogens is 2. The smallest absolute Gasteiger partial charge is 0.267 e. The lowest BCUT2D eigenvalue weighted by Crippen LogP contribution is -2.28. The fraction of sp³-hybridized carbons (Fsp3) is 0.0435. The molecule has 3 aromatic carbocycles. The van der Waals surface area contributed by atoms with Gasteiger partial charge in [-0.3, -0.25) is 9.69 Å². The third-order valence-corrected chi connectivity index (χ3v) is 6.85. The number of thioether (sulfide) groups is 1. The van der Waals surface area contributed by atoms with E-state index in [1.54, 1.807) is 11.0 Å². The van der Waals surface area contributed by atoms with Crippen LogP contribution in [0.2, 0.25) is 0 Å². The first-order valence-electron chi connectivity index (χ1n) is 9.08. The van der Waals surface area contributed by atoms with E-state index < -0.39 is 0 Å². The molecule has 0 atom stereocenters. The van der Waals surface area contributed by atoms with Crippen molar-refractivity contribution in [2.75, 3.05) is 0 Å². The molecule has 0 radical (unpaired) electrons. The molecule has 0 aliphatic carbocycles. The molecular weight excluding hydrogens is 622 g/mol. The van der Waals surface area contributed by atoms with Crippen molar-refractivity contribution in [3.63, 3.8) is 0 Å². The zero-order chi connectivity index (χ0) is 21.1. The highest BCUT2D eigenvalue weighted by molar-refractivity contribution is 14.1. The van der Waals surface area contributed by atoms with E-state index in [9.17, 15) is 9.90 Å². The topological polar surface area (TPSA) is 52.9 Å². The lowest BCUT2D eigenvalue weighted by molar-refractivity contribution is -0.122. The highest BCUT2D eigenvalue weighted by Crippen LogP contribution is 2.37. The molecule has 0 unspecified atom stereocenters. The van der Waals surface area contributed by atoms with Crippen molar-refractivity contribution in [3.05, 3.63) is 96.0 Å². The van der Waals surface area contributed by atoms with Gasteiger partial charge < -0.3 is 5.11 Å². The van der Waals surface area contributed by atoms with Crippen molar-refractivity contribution < 1.29 is 9.90 Å². The van der Waals surface area contributed by atoms with E-state index in [0.29, 0.717) is 22.2 Å². The summed E-state index contributed by atoms with van der Waals surface area (Å²) >= 11 is 5.63. The number of para-hydroxylation sites is 1. The van der Waals surface area contributed by atoms with Gasteiger partial charge in [0.15, 0.2) is 5.17 Å². The van der Waals surface area contributed by atoms with Crippen molar-refractivity contribution >= 4 is 79.8 Å². The van der Waals surface area contributed by atoms with Gasteiger partial charge in [-0.25, -0.2) is 4.99 Å². The van der Waals surface area contributed by atoms with E-state index in [2.05, 4.69) is 45.2 Å². The molecule has 30 heavy (non-hydrogen) atoms. The van der Waals surface area contributed by atoms with E-state index in [-0.39, 0.29) is 11.7 Å². The molecule has 1 saturated heterocycles. The highest BCUT2D eigenvalue weighted by Gasteiger charge is 2.33. The molecule has 0 spiro atoms. The van der Waals surface area contributed by atoms with Crippen LogP contribution in [-0.4, -0.2) is 21.1 Å². The van der Waals surface area contributed by atoms with Gasteiger partial charge in [0.2, 0.25) is 0 Å². The van der Waals surface area contributed by atoms with Gasteiger partial charge >= 0.3 is 0 Å². The van der Waals surface area contributed by atoms with Crippen molar-refractivity contribution in [1.29, 1.82) is 0 Å². The van der Waals surface area contributed by atoms with Gasteiger partial charge in [-0.1, -0.05) is 48.5 Å². The number of hydrogen-bond acceptors (Lipinski definition) is 4. The summed E-state index contributed by atoms with van der Waals surface area (Å²) in [6, 6.07) is 23.2. The van der Waals surface area contributed by atoms with Gasteiger partial charge in [-0.05, 0) is 92.8 Å². The standard InChI is InChI=1S/C23H16I2N2O2S/c24-17-11-16(21(28)19(25)13-17)12-20-22(29)27(14-15-7-3-1-4-8-15)23(30-20)26-18-9-5-2-6-10-18/h1-13,28H,14H2/b20-12+,26-23?. The molecule has 1 N–H and O–H groups in total. The number of benzene rings is 3. The van der Waals surface area contributed by atoms with Gasteiger partial charge in [-0.15, -0.1) is 0 Å². The number of phenols is 1. The number of carbonyl (C=O) groups excluding carboxylic acids is 1. The van der Waals surface area contributed by atoms with Crippen molar-refractivity contribution in [2.45, 2.75) is 6.54 Å². The molecule has 1 heterocycles. The Hall–Kier alpha value is -1.85. The van der Waals surface area contributed by atoms with Gasteiger partial charge in [0.1, 0.15) is 5.75 Å². The Bertz CT molecular complexity index is 1150. The van der Waals surface area contributed by atoms with Crippen LogP contribution in [0.4, 0.5) is 5.69 Å². The molecule has 4 nitrogen and oxygen atoms in total. The summed E-state index contributed by atoms with van der Waals surface area (Å²) in [5, 5.41) is 11.1. The Labute approximate surface area is 206 Å². The first kappa shape index (κ1) is 21.4. The van der Waals surface area contributed by atoms with Crippen LogP contribution in [-0.2, 0) is 11.3 Å². The fourth-order valence-electron chi connectivity index (χ4n) is 2.95. The average Bonchev–Trinajstić information content (AvgIpc) is 3.02. The molecule has 0 aromatic heterocycles. The minimum atomic E-state index is -0.119. The number of rotatable bonds is 4. The van der Waals surface area contributed by atoms with Crippen LogP contribution in [0.3, 0.4) is 0 Å². The lowest BCUT2D eigenvalue weighted by atomic mass is 10.2. The fourth-order valence-corrected chi connectivity index (χ4v) is 5.83. The normalized spacial score (nSPS) is 16.6. The Morgan fingerprint density at radius 2 is 1.67 bits per heavy atom. The number of amidine groups is 1. The van der Waals surface area contributed by atoms with E-state index in [0.717, 1.165) is 18.4 Å². The number of nitrogens with zero attached hydrogens (tertiary/aromatic N) is 2. The maximum atomic E-state index is 13.3. The predicted octanol–water partition coefficient (Wildman–Crippen LogP) is 6.41. The summed E-state index contributed by atoms with van der Waals surface area (Å²) in [4.78, 5) is 20.2. The number of aromatic hydroxyl groups is 1. The van der Waals surface area contributed by atoms with Crippen LogP contribution in [0, 0.1) is 7.14 Å². The van der Waals surface area contributed by atoms with Crippen LogP contribution < -0.4 is 0 Å². The molecule has 3 aromatic rings. The molecule has 0 saturated carbocycles. The first-order chi connectivity index (χ1) is 14.5. The molecule has 7 heteroatoms. The summed E-state index contributed by atoms with van der Waals surface area (Å²) in [5.41, 5.74) is 2.45. The Morgan fingerprint density at radius 1 is 1.00 bits per heavy atom. The lowest BCUT2D eigenvalue weighted by Gasteiger charge is -2.15. The summed E-state index contributed by atoms with van der Waals surface area (Å²) in [6.45, 7) is 0.436. The zero-order valence-electron chi connectivity index (χ0n) is 15.6. The largest absolute Gasteiger partial charge is 0.506 e. The summed E-state index contributed by atoms with van der Waals surface area (Å²) < 4.78 is 1.75.